The second-order valence-corrected chi connectivity index (χ2v) is 4.06. The molecule has 0 spiro atoms. The van der Waals surface area contributed by atoms with Gasteiger partial charge in [0.15, 0.2) is 0 Å². The Balaban J connectivity index is 2.43. The number of hydrogen-bond donors (Lipinski definition) is 4. The van der Waals surface area contributed by atoms with E-state index < -0.39 is 24.1 Å². The van der Waals surface area contributed by atoms with E-state index in [2.05, 4.69) is 0 Å². The SMILES string of the molecule is CCCCOC[C@@]1(O)OC[C@@H](O)[C@H](O)[C@@H]1O. The van der Waals surface area contributed by atoms with Crippen LogP contribution in [0, 0.1) is 0 Å². The summed E-state index contributed by atoms with van der Waals surface area (Å²) in [6.45, 7) is 2.00. The molecule has 1 rings (SSSR count). The van der Waals surface area contributed by atoms with Crippen LogP contribution in [0.5, 0.6) is 0 Å². The Morgan fingerprint density at radius 3 is 2.69 bits per heavy atom. The van der Waals surface area contributed by atoms with Gasteiger partial charge in [0.05, 0.1) is 6.61 Å². The molecule has 0 radical (unpaired) electrons. The van der Waals surface area contributed by atoms with Gasteiger partial charge in [0.25, 0.3) is 0 Å². The zero-order chi connectivity index (χ0) is 12.2. The van der Waals surface area contributed by atoms with E-state index in [0.717, 1.165) is 12.8 Å². The van der Waals surface area contributed by atoms with E-state index >= 15 is 0 Å². The Labute approximate surface area is 94.4 Å². The highest BCUT2D eigenvalue weighted by Gasteiger charge is 2.48. The van der Waals surface area contributed by atoms with Crippen molar-refractivity contribution >= 4 is 0 Å². The molecule has 0 aliphatic carbocycles. The number of aliphatic hydroxyl groups is 4. The van der Waals surface area contributed by atoms with Gasteiger partial charge >= 0.3 is 0 Å². The molecule has 0 amide bonds. The Bertz CT molecular complexity index is 211. The monoisotopic (exact) mass is 236 g/mol. The molecular formula is C10H20O6. The molecule has 1 aliphatic rings. The van der Waals surface area contributed by atoms with Crippen LogP contribution in [0.4, 0.5) is 0 Å². The Morgan fingerprint density at radius 2 is 2.06 bits per heavy atom. The highest BCUT2D eigenvalue weighted by molar-refractivity contribution is 4.91. The van der Waals surface area contributed by atoms with Crippen molar-refractivity contribution in [3.63, 3.8) is 0 Å². The minimum Gasteiger partial charge on any atom is -0.388 e. The van der Waals surface area contributed by atoms with E-state index in [0.29, 0.717) is 6.61 Å². The average molecular weight is 236 g/mol. The zero-order valence-electron chi connectivity index (χ0n) is 9.37. The summed E-state index contributed by atoms with van der Waals surface area (Å²) in [7, 11) is 0. The van der Waals surface area contributed by atoms with Gasteiger partial charge < -0.3 is 29.9 Å². The smallest absolute Gasteiger partial charge is 0.219 e. The molecule has 1 saturated heterocycles. The van der Waals surface area contributed by atoms with Crippen LogP contribution in [-0.4, -0.2) is 64.3 Å². The first-order chi connectivity index (χ1) is 7.51. The first-order valence-electron chi connectivity index (χ1n) is 5.49. The molecular weight excluding hydrogens is 216 g/mol. The normalized spacial score (nSPS) is 39.9. The predicted octanol–water partition coefficient (Wildman–Crippen LogP) is -1.40. The van der Waals surface area contributed by atoms with Crippen molar-refractivity contribution in [2.24, 2.45) is 0 Å². The third-order valence-corrected chi connectivity index (χ3v) is 2.64. The molecule has 0 aromatic heterocycles. The Morgan fingerprint density at radius 1 is 1.38 bits per heavy atom. The third kappa shape index (κ3) is 3.13. The van der Waals surface area contributed by atoms with Gasteiger partial charge in [-0.2, -0.15) is 0 Å². The second kappa shape index (κ2) is 5.90. The molecule has 4 N–H and O–H groups in total. The van der Waals surface area contributed by atoms with E-state index in [1.54, 1.807) is 0 Å². The quantitative estimate of drug-likeness (QED) is 0.438. The molecule has 0 bridgehead atoms. The minimum atomic E-state index is -1.94. The van der Waals surface area contributed by atoms with Crippen molar-refractivity contribution in [3.8, 4) is 0 Å². The lowest BCUT2D eigenvalue weighted by Crippen LogP contribution is -2.62. The third-order valence-electron chi connectivity index (χ3n) is 2.64. The van der Waals surface area contributed by atoms with Crippen molar-refractivity contribution < 1.29 is 29.9 Å². The first kappa shape index (κ1) is 13.8. The molecule has 0 unspecified atom stereocenters. The molecule has 0 saturated carbocycles. The van der Waals surface area contributed by atoms with Gasteiger partial charge in [0.2, 0.25) is 5.79 Å². The van der Waals surface area contributed by atoms with Crippen LogP contribution in [0.3, 0.4) is 0 Å². The molecule has 1 fully saturated rings. The second-order valence-electron chi connectivity index (χ2n) is 4.06. The van der Waals surface area contributed by atoms with Crippen molar-refractivity contribution in [3.05, 3.63) is 0 Å². The van der Waals surface area contributed by atoms with Crippen LogP contribution in [0.25, 0.3) is 0 Å². The zero-order valence-corrected chi connectivity index (χ0v) is 9.37. The molecule has 6 nitrogen and oxygen atoms in total. The summed E-state index contributed by atoms with van der Waals surface area (Å²) >= 11 is 0. The fraction of sp³-hybridized carbons (Fsp3) is 1.00. The maximum absolute atomic E-state index is 9.86. The highest BCUT2D eigenvalue weighted by Crippen LogP contribution is 2.24. The number of hydrogen-bond acceptors (Lipinski definition) is 6. The Hall–Kier alpha value is -0.240. The summed E-state index contributed by atoms with van der Waals surface area (Å²) in [6.07, 6.45) is -2.38. The fourth-order valence-electron chi connectivity index (χ4n) is 1.48. The van der Waals surface area contributed by atoms with Gasteiger partial charge in [-0.1, -0.05) is 13.3 Å². The fourth-order valence-corrected chi connectivity index (χ4v) is 1.48. The summed E-state index contributed by atoms with van der Waals surface area (Å²) in [5.41, 5.74) is 0. The maximum atomic E-state index is 9.86. The van der Waals surface area contributed by atoms with Crippen molar-refractivity contribution in [2.75, 3.05) is 19.8 Å². The average Bonchev–Trinajstić information content (AvgIpc) is 2.28. The summed E-state index contributed by atoms with van der Waals surface area (Å²) in [5.74, 6) is -1.94. The molecule has 96 valence electrons. The van der Waals surface area contributed by atoms with Crippen LogP contribution in [0.1, 0.15) is 19.8 Å². The van der Waals surface area contributed by atoms with Gasteiger partial charge in [0, 0.05) is 6.61 Å². The minimum absolute atomic E-state index is 0.224. The van der Waals surface area contributed by atoms with Crippen molar-refractivity contribution in [1.29, 1.82) is 0 Å². The number of ether oxygens (including phenoxy) is 2. The summed E-state index contributed by atoms with van der Waals surface area (Å²) in [4.78, 5) is 0. The predicted molar refractivity (Wildman–Crippen MR) is 54.6 cm³/mol. The molecule has 6 heteroatoms. The van der Waals surface area contributed by atoms with E-state index in [9.17, 15) is 20.4 Å². The summed E-state index contributed by atoms with van der Waals surface area (Å²) in [6, 6.07) is 0. The topological polar surface area (TPSA) is 99.4 Å². The van der Waals surface area contributed by atoms with Crippen LogP contribution < -0.4 is 0 Å². The summed E-state index contributed by atoms with van der Waals surface area (Å²) < 4.78 is 10.1. The molecule has 16 heavy (non-hydrogen) atoms. The molecule has 0 aromatic rings. The van der Waals surface area contributed by atoms with Crippen molar-refractivity contribution in [2.45, 2.75) is 43.9 Å². The standard InChI is InChI=1S/C10H20O6/c1-2-3-4-15-6-10(14)9(13)8(12)7(11)5-16-10/h7-9,11-14H,2-6H2,1H3/t7-,8+,9+,10-/m1/s1. The molecule has 1 heterocycles. The van der Waals surface area contributed by atoms with E-state index in [-0.39, 0.29) is 13.2 Å². The van der Waals surface area contributed by atoms with E-state index in [1.165, 1.54) is 0 Å². The first-order valence-corrected chi connectivity index (χ1v) is 5.49. The lowest BCUT2D eigenvalue weighted by molar-refractivity contribution is -0.335. The molecule has 0 aromatic carbocycles. The largest absolute Gasteiger partial charge is 0.388 e. The van der Waals surface area contributed by atoms with Crippen LogP contribution in [-0.2, 0) is 9.47 Å². The van der Waals surface area contributed by atoms with Crippen LogP contribution in [0.15, 0.2) is 0 Å². The maximum Gasteiger partial charge on any atom is 0.219 e. The molecule has 4 atom stereocenters. The van der Waals surface area contributed by atoms with Crippen LogP contribution >= 0.6 is 0 Å². The summed E-state index contributed by atoms with van der Waals surface area (Å²) in [5, 5.41) is 38.0. The lowest BCUT2D eigenvalue weighted by atomic mass is 9.97. The van der Waals surface area contributed by atoms with Gasteiger partial charge in [-0.15, -0.1) is 0 Å². The van der Waals surface area contributed by atoms with Gasteiger partial charge in [-0.3, -0.25) is 0 Å². The number of rotatable bonds is 5. The molecule has 1 aliphatic heterocycles. The van der Waals surface area contributed by atoms with E-state index in [4.69, 9.17) is 9.47 Å². The lowest BCUT2D eigenvalue weighted by Gasteiger charge is -2.41. The van der Waals surface area contributed by atoms with Crippen LogP contribution in [0.2, 0.25) is 0 Å². The number of unbranched alkanes of at least 4 members (excludes halogenated alkanes) is 1. The van der Waals surface area contributed by atoms with E-state index in [1.807, 2.05) is 6.92 Å². The Kier molecular flexibility index (Phi) is 5.10. The van der Waals surface area contributed by atoms with Crippen molar-refractivity contribution in [1.82, 2.24) is 0 Å². The van der Waals surface area contributed by atoms with Gasteiger partial charge in [-0.25, -0.2) is 0 Å². The number of aliphatic hydroxyl groups excluding tert-OH is 3. The van der Waals surface area contributed by atoms with Gasteiger partial charge in [0.1, 0.15) is 24.9 Å². The van der Waals surface area contributed by atoms with Gasteiger partial charge in [-0.05, 0) is 6.42 Å². The highest BCUT2D eigenvalue weighted by atomic mass is 16.7.